The van der Waals surface area contributed by atoms with Gasteiger partial charge in [0, 0.05) is 18.7 Å². The number of nitrogens with one attached hydrogen (secondary N) is 1. The molecular weight excluding hydrogens is 332 g/mol. The summed E-state index contributed by atoms with van der Waals surface area (Å²) in [6.07, 6.45) is 0. The van der Waals surface area contributed by atoms with E-state index in [0.29, 0.717) is 18.7 Å². The van der Waals surface area contributed by atoms with Crippen molar-refractivity contribution >= 4 is 17.8 Å². The van der Waals surface area contributed by atoms with Crippen molar-refractivity contribution in [1.82, 2.24) is 10.2 Å². The molecule has 0 saturated heterocycles. The Hall–Kier alpha value is -2.63. The molecule has 0 aliphatic heterocycles. The maximum absolute atomic E-state index is 12.4. The number of hydrogen-bond acceptors (Lipinski definition) is 4. The Labute approximate surface area is 155 Å². The van der Waals surface area contributed by atoms with Crippen LogP contribution in [0.3, 0.4) is 0 Å². The van der Waals surface area contributed by atoms with Gasteiger partial charge >= 0.3 is 5.97 Å². The van der Waals surface area contributed by atoms with Crippen molar-refractivity contribution in [3.8, 4) is 0 Å². The monoisotopic (exact) mass is 360 g/mol. The summed E-state index contributed by atoms with van der Waals surface area (Å²) in [5.41, 5.74) is 1.31. The molecule has 1 atom stereocenters. The maximum atomic E-state index is 12.4. The first-order valence-corrected chi connectivity index (χ1v) is 8.71. The van der Waals surface area contributed by atoms with Gasteiger partial charge in [-0.25, -0.2) is 4.79 Å². The number of rotatable bonds is 9. The quantitative estimate of drug-likeness (QED) is 0.542. The van der Waals surface area contributed by atoms with Gasteiger partial charge in [-0.3, -0.25) is 9.59 Å². The van der Waals surface area contributed by atoms with Crippen molar-refractivity contribution in [3.63, 3.8) is 0 Å². The largest absolute Gasteiger partial charge is 0.454 e. The molecule has 0 aliphatic rings. The van der Waals surface area contributed by atoms with Gasteiger partial charge in [0.15, 0.2) is 6.61 Å². The smallest absolute Gasteiger partial charge is 0.329 e. The van der Waals surface area contributed by atoms with Gasteiger partial charge < -0.3 is 15.0 Å². The fourth-order valence-corrected chi connectivity index (χ4v) is 2.33. The zero-order valence-electron chi connectivity index (χ0n) is 16.0. The van der Waals surface area contributed by atoms with Crippen LogP contribution in [-0.2, 0) is 14.3 Å². The van der Waals surface area contributed by atoms with Gasteiger partial charge in [-0.05, 0) is 31.9 Å². The number of benzene rings is 1. The van der Waals surface area contributed by atoms with E-state index in [1.165, 1.54) is 0 Å². The highest BCUT2D eigenvalue weighted by Crippen LogP contribution is 2.07. The molecule has 1 aromatic rings. The molecule has 1 aromatic carbocycles. The highest BCUT2D eigenvalue weighted by molar-refractivity contribution is 5.97. The topological polar surface area (TPSA) is 75.7 Å². The molecule has 0 unspecified atom stereocenters. The first-order chi connectivity index (χ1) is 12.3. The molecule has 0 fully saturated rings. The van der Waals surface area contributed by atoms with E-state index in [9.17, 15) is 14.4 Å². The lowest BCUT2D eigenvalue weighted by Gasteiger charge is -2.23. The van der Waals surface area contributed by atoms with Gasteiger partial charge in [0.05, 0.1) is 0 Å². The lowest BCUT2D eigenvalue weighted by molar-refractivity contribution is -0.154. The van der Waals surface area contributed by atoms with Crippen LogP contribution in [0.15, 0.2) is 42.5 Å². The average molecular weight is 360 g/mol. The molecule has 1 rings (SSSR count). The van der Waals surface area contributed by atoms with Crippen LogP contribution in [0.4, 0.5) is 0 Å². The van der Waals surface area contributed by atoms with E-state index in [1.807, 2.05) is 13.8 Å². The second-order valence-corrected chi connectivity index (χ2v) is 6.53. The van der Waals surface area contributed by atoms with E-state index in [0.717, 1.165) is 5.57 Å². The highest BCUT2D eigenvalue weighted by atomic mass is 16.5. The van der Waals surface area contributed by atoms with E-state index in [2.05, 4.69) is 11.9 Å². The van der Waals surface area contributed by atoms with Crippen molar-refractivity contribution in [2.45, 2.75) is 33.7 Å². The van der Waals surface area contributed by atoms with Crippen molar-refractivity contribution in [2.75, 3.05) is 19.7 Å². The first kappa shape index (κ1) is 21.4. The zero-order chi connectivity index (χ0) is 19.7. The van der Waals surface area contributed by atoms with E-state index < -0.39 is 12.0 Å². The normalized spacial score (nSPS) is 11.6. The number of likely N-dealkylation sites (N-methyl/N-ethyl adjacent to an activating group) is 1. The summed E-state index contributed by atoms with van der Waals surface area (Å²) in [5, 5.41) is 2.68. The number of esters is 1. The fraction of sp³-hybridized carbons (Fsp3) is 0.450. The zero-order valence-corrected chi connectivity index (χ0v) is 16.0. The minimum Gasteiger partial charge on any atom is -0.454 e. The predicted octanol–water partition coefficient (Wildman–Crippen LogP) is 2.41. The molecule has 0 aromatic heterocycles. The van der Waals surface area contributed by atoms with Gasteiger partial charge in [0.1, 0.15) is 6.04 Å². The molecule has 2 amide bonds. The molecule has 0 spiro atoms. The Balaban J connectivity index is 2.67. The molecule has 0 heterocycles. The molecular formula is C20H28N2O4. The number of nitrogens with zero attached hydrogens (tertiary/aromatic N) is 1. The van der Waals surface area contributed by atoms with Crippen LogP contribution in [0.5, 0.6) is 0 Å². The van der Waals surface area contributed by atoms with Crippen LogP contribution < -0.4 is 5.32 Å². The van der Waals surface area contributed by atoms with Gasteiger partial charge in [-0.2, -0.15) is 0 Å². The highest BCUT2D eigenvalue weighted by Gasteiger charge is 2.27. The van der Waals surface area contributed by atoms with Crippen LogP contribution in [-0.4, -0.2) is 48.4 Å². The summed E-state index contributed by atoms with van der Waals surface area (Å²) in [4.78, 5) is 38.4. The Bertz CT molecular complexity index is 640. The summed E-state index contributed by atoms with van der Waals surface area (Å²) < 4.78 is 5.15. The Morgan fingerprint density at radius 3 is 2.31 bits per heavy atom. The standard InChI is InChI=1S/C20H28N2O4/c1-6-22(12-14(2)3)17(23)13-26-20(25)18(15(4)5)21-19(24)16-10-8-7-9-11-16/h7-11,15,18H,2,6,12-13H2,1,3-5H3,(H,21,24)/t18-/m0/s1. The van der Waals surface area contributed by atoms with Crippen LogP contribution in [0, 0.1) is 5.92 Å². The average Bonchev–Trinajstić information content (AvgIpc) is 2.61. The van der Waals surface area contributed by atoms with Crippen molar-refractivity contribution in [2.24, 2.45) is 5.92 Å². The Morgan fingerprint density at radius 1 is 1.19 bits per heavy atom. The minimum atomic E-state index is -0.827. The summed E-state index contributed by atoms with van der Waals surface area (Å²) in [6.45, 7) is 11.6. The third-order valence-corrected chi connectivity index (χ3v) is 3.78. The number of carbonyl (C=O) groups excluding carboxylic acids is 3. The van der Waals surface area contributed by atoms with E-state index >= 15 is 0 Å². The lowest BCUT2D eigenvalue weighted by atomic mass is 10.0. The SMILES string of the molecule is C=C(C)CN(CC)C(=O)COC(=O)[C@@H](NC(=O)c1ccccc1)C(C)C. The third kappa shape index (κ3) is 6.70. The van der Waals surface area contributed by atoms with Crippen LogP contribution in [0.2, 0.25) is 0 Å². The maximum Gasteiger partial charge on any atom is 0.329 e. The van der Waals surface area contributed by atoms with Gasteiger partial charge in [0.25, 0.3) is 11.8 Å². The Morgan fingerprint density at radius 2 is 1.81 bits per heavy atom. The molecule has 1 N–H and O–H groups in total. The van der Waals surface area contributed by atoms with Crippen LogP contribution in [0.1, 0.15) is 38.1 Å². The van der Waals surface area contributed by atoms with Gasteiger partial charge in [0.2, 0.25) is 0 Å². The van der Waals surface area contributed by atoms with Crippen molar-refractivity contribution < 1.29 is 19.1 Å². The first-order valence-electron chi connectivity index (χ1n) is 8.71. The number of carbonyl (C=O) groups is 3. The van der Waals surface area contributed by atoms with E-state index in [1.54, 1.807) is 49.1 Å². The third-order valence-electron chi connectivity index (χ3n) is 3.78. The predicted molar refractivity (Wildman–Crippen MR) is 101 cm³/mol. The number of hydrogen-bond donors (Lipinski definition) is 1. The molecule has 0 saturated carbocycles. The molecule has 6 nitrogen and oxygen atoms in total. The molecule has 142 valence electrons. The molecule has 0 radical (unpaired) electrons. The lowest BCUT2D eigenvalue weighted by Crippen LogP contribution is -2.46. The van der Waals surface area contributed by atoms with Gasteiger partial charge in [-0.15, -0.1) is 0 Å². The van der Waals surface area contributed by atoms with Crippen molar-refractivity contribution in [3.05, 3.63) is 48.0 Å². The fourth-order valence-electron chi connectivity index (χ4n) is 2.33. The molecule has 6 heteroatoms. The van der Waals surface area contributed by atoms with Crippen molar-refractivity contribution in [1.29, 1.82) is 0 Å². The molecule has 0 aliphatic carbocycles. The number of ether oxygens (including phenoxy) is 1. The molecule has 26 heavy (non-hydrogen) atoms. The minimum absolute atomic E-state index is 0.178. The summed E-state index contributed by atoms with van der Waals surface area (Å²) in [7, 11) is 0. The van der Waals surface area contributed by atoms with E-state index in [4.69, 9.17) is 4.74 Å². The van der Waals surface area contributed by atoms with Gasteiger partial charge in [-0.1, -0.05) is 44.2 Å². The Kier molecular flexibility index (Phi) is 8.55. The van der Waals surface area contributed by atoms with Crippen LogP contribution >= 0.6 is 0 Å². The second-order valence-electron chi connectivity index (χ2n) is 6.53. The summed E-state index contributed by atoms with van der Waals surface area (Å²) in [5.74, 6) is -1.45. The second kappa shape index (κ2) is 10.4. The summed E-state index contributed by atoms with van der Waals surface area (Å²) in [6, 6.07) is 7.80. The van der Waals surface area contributed by atoms with Crippen LogP contribution in [0.25, 0.3) is 0 Å². The molecule has 0 bridgehead atoms. The van der Waals surface area contributed by atoms with E-state index in [-0.39, 0.29) is 24.3 Å². The summed E-state index contributed by atoms with van der Waals surface area (Å²) >= 11 is 0. The number of amides is 2.